The summed E-state index contributed by atoms with van der Waals surface area (Å²) in [6.45, 7) is 1.99. The van der Waals surface area contributed by atoms with Crippen molar-refractivity contribution in [3.63, 3.8) is 0 Å². The number of H-pyrrole nitrogens is 1. The molecule has 0 spiro atoms. The summed E-state index contributed by atoms with van der Waals surface area (Å²) in [5.74, 6) is 0.866. The molecule has 30 heavy (non-hydrogen) atoms. The molecule has 2 atom stereocenters. The number of aryl methyl sites for hydroxylation is 2. The van der Waals surface area contributed by atoms with Gasteiger partial charge in [-0.1, -0.05) is 11.6 Å². The zero-order valence-corrected chi connectivity index (χ0v) is 18.1. The maximum atomic E-state index is 6.71. The summed E-state index contributed by atoms with van der Waals surface area (Å²) in [4.78, 5) is 11.9. The average Bonchev–Trinajstić information content (AvgIpc) is 3.30. The number of hydrogen-bond donors (Lipinski definition) is 2. The van der Waals surface area contributed by atoms with E-state index in [0.29, 0.717) is 22.4 Å². The first-order valence-corrected chi connectivity index (χ1v) is 10.6. The predicted octanol–water partition coefficient (Wildman–Crippen LogP) is 3.57. The number of aromatic nitrogens is 6. The van der Waals surface area contributed by atoms with Gasteiger partial charge in [-0.05, 0) is 44.7 Å². The van der Waals surface area contributed by atoms with Crippen molar-refractivity contribution in [2.24, 2.45) is 12.8 Å². The molecule has 0 unspecified atom stereocenters. The molecule has 0 bridgehead atoms. The molecule has 0 radical (unpaired) electrons. The molecular formula is C21H25ClN8. The second kappa shape index (κ2) is 7.21. The summed E-state index contributed by atoms with van der Waals surface area (Å²) in [7, 11) is 3.96. The second-order valence-electron chi connectivity index (χ2n) is 8.26. The van der Waals surface area contributed by atoms with Crippen molar-refractivity contribution in [2.75, 3.05) is 11.9 Å². The number of fused-ring (bicyclic) bond motifs is 2. The lowest BCUT2D eigenvalue weighted by Crippen LogP contribution is -2.41. The van der Waals surface area contributed by atoms with Crippen molar-refractivity contribution < 1.29 is 0 Å². The van der Waals surface area contributed by atoms with Gasteiger partial charge in [0, 0.05) is 43.3 Å². The SMILES string of the molecule is Cc1nc2c(-c3ccc4nn(C)cc4c3Cl)n[nH]c2nc1N(C)[C@@H]1CCC[C@@H](N)C1. The van der Waals surface area contributed by atoms with E-state index in [1.54, 1.807) is 4.68 Å². The van der Waals surface area contributed by atoms with Gasteiger partial charge < -0.3 is 10.6 Å². The van der Waals surface area contributed by atoms with Crippen molar-refractivity contribution in [2.45, 2.75) is 44.7 Å². The van der Waals surface area contributed by atoms with Crippen LogP contribution in [0.4, 0.5) is 5.82 Å². The van der Waals surface area contributed by atoms with E-state index in [2.05, 4.69) is 27.2 Å². The summed E-state index contributed by atoms with van der Waals surface area (Å²) >= 11 is 6.71. The van der Waals surface area contributed by atoms with E-state index in [1.807, 2.05) is 32.3 Å². The Morgan fingerprint density at radius 1 is 1.27 bits per heavy atom. The summed E-state index contributed by atoms with van der Waals surface area (Å²) in [6.07, 6.45) is 6.26. The Morgan fingerprint density at radius 3 is 2.90 bits per heavy atom. The molecule has 0 saturated heterocycles. The van der Waals surface area contributed by atoms with Crippen LogP contribution in [0.25, 0.3) is 33.3 Å². The fourth-order valence-electron chi connectivity index (χ4n) is 4.52. The highest BCUT2D eigenvalue weighted by atomic mass is 35.5. The molecule has 0 amide bonds. The lowest BCUT2D eigenvalue weighted by molar-refractivity contribution is 0.381. The van der Waals surface area contributed by atoms with Gasteiger partial charge in [-0.2, -0.15) is 10.2 Å². The molecule has 1 aliphatic carbocycles. The summed E-state index contributed by atoms with van der Waals surface area (Å²) in [6, 6.07) is 4.52. The van der Waals surface area contributed by atoms with Crippen LogP contribution in [0, 0.1) is 6.92 Å². The minimum Gasteiger partial charge on any atom is -0.355 e. The van der Waals surface area contributed by atoms with Crippen LogP contribution in [0.15, 0.2) is 18.3 Å². The molecule has 8 nitrogen and oxygen atoms in total. The van der Waals surface area contributed by atoms with Crippen molar-refractivity contribution in [3.8, 4) is 11.3 Å². The van der Waals surface area contributed by atoms with E-state index < -0.39 is 0 Å². The van der Waals surface area contributed by atoms with Crippen molar-refractivity contribution in [3.05, 3.63) is 29.0 Å². The van der Waals surface area contributed by atoms with Crippen LogP contribution in [0.3, 0.4) is 0 Å². The summed E-state index contributed by atoms with van der Waals surface area (Å²) in [5.41, 5.74) is 10.8. The van der Waals surface area contributed by atoms with Crippen LogP contribution in [0.1, 0.15) is 31.4 Å². The minimum atomic E-state index is 0.256. The van der Waals surface area contributed by atoms with E-state index >= 15 is 0 Å². The number of aromatic amines is 1. The zero-order valence-electron chi connectivity index (χ0n) is 17.4. The second-order valence-corrected chi connectivity index (χ2v) is 8.63. The van der Waals surface area contributed by atoms with E-state index in [4.69, 9.17) is 27.3 Å². The Hall–Kier alpha value is -2.71. The maximum Gasteiger partial charge on any atom is 0.177 e. The number of hydrogen-bond acceptors (Lipinski definition) is 6. The highest BCUT2D eigenvalue weighted by Gasteiger charge is 2.26. The number of rotatable bonds is 3. The Kier molecular flexibility index (Phi) is 4.63. The number of halogens is 1. The topological polar surface area (TPSA) is 102 Å². The summed E-state index contributed by atoms with van der Waals surface area (Å²) < 4.78 is 1.76. The first-order valence-electron chi connectivity index (χ1n) is 10.3. The van der Waals surface area contributed by atoms with E-state index in [1.165, 1.54) is 0 Å². The molecule has 1 saturated carbocycles. The number of anilines is 1. The van der Waals surface area contributed by atoms with Gasteiger partial charge in [0.15, 0.2) is 11.5 Å². The van der Waals surface area contributed by atoms with Crippen LogP contribution < -0.4 is 10.6 Å². The van der Waals surface area contributed by atoms with Gasteiger partial charge >= 0.3 is 0 Å². The molecule has 3 heterocycles. The monoisotopic (exact) mass is 424 g/mol. The van der Waals surface area contributed by atoms with Crippen molar-refractivity contribution in [1.82, 2.24) is 29.9 Å². The van der Waals surface area contributed by atoms with Crippen LogP contribution in [0.2, 0.25) is 5.02 Å². The Labute approximate surface area is 179 Å². The lowest BCUT2D eigenvalue weighted by atomic mass is 9.91. The van der Waals surface area contributed by atoms with Crippen molar-refractivity contribution >= 4 is 39.5 Å². The Morgan fingerprint density at radius 2 is 2.10 bits per heavy atom. The van der Waals surface area contributed by atoms with E-state index in [9.17, 15) is 0 Å². The molecule has 3 N–H and O–H groups in total. The van der Waals surface area contributed by atoms with Gasteiger partial charge in [-0.25, -0.2) is 9.97 Å². The lowest BCUT2D eigenvalue weighted by Gasteiger charge is -2.35. The van der Waals surface area contributed by atoms with Crippen LogP contribution >= 0.6 is 11.6 Å². The molecule has 3 aromatic heterocycles. The fraction of sp³-hybridized carbons (Fsp3) is 0.429. The molecule has 1 fully saturated rings. The largest absolute Gasteiger partial charge is 0.355 e. The first kappa shape index (κ1) is 19.3. The number of nitrogens with one attached hydrogen (secondary N) is 1. The third-order valence-electron chi connectivity index (χ3n) is 6.11. The van der Waals surface area contributed by atoms with Gasteiger partial charge in [-0.3, -0.25) is 9.78 Å². The molecule has 1 aromatic carbocycles. The quantitative estimate of drug-likeness (QED) is 0.521. The van der Waals surface area contributed by atoms with E-state index in [0.717, 1.165) is 59.2 Å². The number of nitrogens with two attached hydrogens (primary N) is 1. The third kappa shape index (κ3) is 3.11. The van der Waals surface area contributed by atoms with Gasteiger partial charge in [0.1, 0.15) is 11.2 Å². The molecule has 1 aliphatic rings. The first-order chi connectivity index (χ1) is 14.4. The fourth-order valence-corrected chi connectivity index (χ4v) is 4.82. The standard InChI is InChI=1S/C21H25ClN8/c1-11-21(30(3)13-6-4-5-12(23)9-13)25-20-19(24-11)18(26-27-20)14-7-8-16-15(17(14)22)10-29(2)28-16/h7-8,10,12-13H,4-6,9,23H2,1-3H3,(H,25,26,27)/t12-,13-/m1/s1. The van der Waals surface area contributed by atoms with Crippen LogP contribution in [-0.2, 0) is 7.05 Å². The minimum absolute atomic E-state index is 0.256. The normalized spacial score (nSPS) is 19.6. The zero-order chi connectivity index (χ0) is 21.0. The smallest absolute Gasteiger partial charge is 0.177 e. The van der Waals surface area contributed by atoms with E-state index in [-0.39, 0.29) is 6.04 Å². The number of benzene rings is 1. The van der Waals surface area contributed by atoms with Crippen molar-refractivity contribution in [1.29, 1.82) is 0 Å². The molecule has 0 aliphatic heterocycles. The molecule has 5 rings (SSSR count). The maximum absolute atomic E-state index is 6.71. The highest BCUT2D eigenvalue weighted by molar-refractivity contribution is 6.38. The highest BCUT2D eigenvalue weighted by Crippen LogP contribution is 2.36. The molecule has 156 valence electrons. The van der Waals surface area contributed by atoms with Gasteiger partial charge in [0.25, 0.3) is 0 Å². The molecular weight excluding hydrogens is 400 g/mol. The van der Waals surface area contributed by atoms with Crippen LogP contribution in [-0.4, -0.2) is 49.1 Å². The van der Waals surface area contributed by atoms with Gasteiger partial charge in [-0.15, -0.1) is 0 Å². The Bertz CT molecular complexity index is 1240. The average molecular weight is 425 g/mol. The number of nitrogens with zero attached hydrogens (tertiary/aromatic N) is 6. The summed E-state index contributed by atoms with van der Waals surface area (Å²) in [5, 5.41) is 13.5. The van der Waals surface area contributed by atoms with Crippen LogP contribution in [0.5, 0.6) is 0 Å². The van der Waals surface area contributed by atoms with Gasteiger partial charge in [0.2, 0.25) is 0 Å². The third-order valence-corrected chi connectivity index (χ3v) is 6.51. The predicted molar refractivity (Wildman–Crippen MR) is 120 cm³/mol. The van der Waals surface area contributed by atoms with Gasteiger partial charge in [0.05, 0.1) is 16.2 Å². The molecule has 4 aromatic rings. The molecule has 9 heteroatoms. The Balaban J connectivity index is 1.57.